The lowest BCUT2D eigenvalue weighted by molar-refractivity contribution is -0.132. The number of rotatable bonds is 5. The molecule has 1 aromatic heterocycles. The van der Waals surface area contributed by atoms with Crippen molar-refractivity contribution in [3.05, 3.63) is 47.8 Å². The molecule has 0 saturated carbocycles. The fourth-order valence-corrected chi connectivity index (χ4v) is 3.52. The number of methoxy groups -OCH3 is 1. The summed E-state index contributed by atoms with van der Waals surface area (Å²) < 4.78 is 7.28. The maximum atomic E-state index is 13.2. The molecule has 0 bridgehead atoms. The standard InChI is InChI=1S/C19H26N4O2.ClH/c1-14-5-6-17(25-3)16(13-14)15(2)22-18(24)19(7-10-20-11-8-19)23-12-4-9-21-23;/h4-6,9,12-13,15,20H,7-8,10-11H2,1-3H3,(H,22,24);1H. The van der Waals surface area contributed by atoms with Gasteiger partial charge in [0.05, 0.1) is 13.2 Å². The Morgan fingerprint density at radius 1 is 1.38 bits per heavy atom. The van der Waals surface area contributed by atoms with Crippen LogP contribution in [-0.2, 0) is 10.3 Å². The third-order valence-corrected chi connectivity index (χ3v) is 5.00. The van der Waals surface area contributed by atoms with Crippen molar-refractivity contribution < 1.29 is 9.53 Å². The Kier molecular flexibility index (Phi) is 6.67. The third kappa shape index (κ3) is 3.86. The molecule has 2 N–H and O–H groups in total. The van der Waals surface area contributed by atoms with E-state index in [1.807, 2.05) is 42.9 Å². The molecule has 1 saturated heterocycles. The third-order valence-electron chi connectivity index (χ3n) is 5.00. The monoisotopic (exact) mass is 378 g/mol. The molecule has 0 radical (unpaired) electrons. The van der Waals surface area contributed by atoms with Gasteiger partial charge in [0.1, 0.15) is 11.3 Å². The van der Waals surface area contributed by atoms with Crippen molar-refractivity contribution in [2.75, 3.05) is 20.2 Å². The zero-order valence-electron chi connectivity index (χ0n) is 15.5. The smallest absolute Gasteiger partial charge is 0.248 e. The van der Waals surface area contributed by atoms with Gasteiger partial charge >= 0.3 is 0 Å². The van der Waals surface area contributed by atoms with Gasteiger partial charge in [0.25, 0.3) is 0 Å². The first-order chi connectivity index (χ1) is 12.1. The van der Waals surface area contributed by atoms with Crippen molar-refractivity contribution in [1.29, 1.82) is 0 Å². The fourth-order valence-electron chi connectivity index (χ4n) is 3.52. The van der Waals surface area contributed by atoms with E-state index in [0.29, 0.717) is 0 Å². The highest BCUT2D eigenvalue weighted by Crippen LogP contribution is 2.30. The number of carbonyl (C=O) groups excluding carboxylic acids is 1. The van der Waals surface area contributed by atoms with Gasteiger partial charge < -0.3 is 15.4 Å². The fraction of sp³-hybridized carbons (Fsp3) is 0.474. The summed E-state index contributed by atoms with van der Waals surface area (Å²) in [5.41, 5.74) is 1.49. The summed E-state index contributed by atoms with van der Waals surface area (Å²) in [7, 11) is 1.65. The average Bonchev–Trinajstić information content (AvgIpc) is 3.17. The van der Waals surface area contributed by atoms with E-state index in [1.165, 1.54) is 0 Å². The number of benzene rings is 1. The SMILES string of the molecule is COc1ccc(C)cc1C(C)NC(=O)C1(n2cccn2)CCNCC1.Cl. The molecule has 1 unspecified atom stereocenters. The molecule has 1 atom stereocenters. The van der Waals surface area contributed by atoms with Gasteiger partial charge in [-0.25, -0.2) is 0 Å². The average molecular weight is 379 g/mol. The van der Waals surface area contributed by atoms with Gasteiger partial charge in [-0.1, -0.05) is 17.7 Å². The van der Waals surface area contributed by atoms with Crippen LogP contribution in [0.2, 0.25) is 0 Å². The molecule has 1 aromatic carbocycles. The zero-order chi connectivity index (χ0) is 17.9. The Morgan fingerprint density at radius 2 is 2.12 bits per heavy atom. The van der Waals surface area contributed by atoms with E-state index in [2.05, 4.69) is 21.8 Å². The van der Waals surface area contributed by atoms with Gasteiger partial charge in [-0.2, -0.15) is 5.10 Å². The Hall–Kier alpha value is -2.05. The van der Waals surface area contributed by atoms with E-state index < -0.39 is 5.54 Å². The van der Waals surface area contributed by atoms with Gasteiger partial charge in [0, 0.05) is 18.0 Å². The first-order valence-electron chi connectivity index (χ1n) is 8.73. The Bertz CT molecular complexity index is 727. The van der Waals surface area contributed by atoms with Crippen LogP contribution >= 0.6 is 12.4 Å². The second kappa shape index (κ2) is 8.56. The summed E-state index contributed by atoms with van der Waals surface area (Å²) in [6.45, 7) is 5.63. The number of piperidine rings is 1. The van der Waals surface area contributed by atoms with E-state index >= 15 is 0 Å². The topological polar surface area (TPSA) is 68.2 Å². The van der Waals surface area contributed by atoms with E-state index in [4.69, 9.17) is 4.74 Å². The lowest BCUT2D eigenvalue weighted by Gasteiger charge is -2.37. The molecule has 1 amide bonds. The van der Waals surface area contributed by atoms with Crippen LogP contribution in [-0.4, -0.2) is 35.9 Å². The van der Waals surface area contributed by atoms with Gasteiger partial charge in [-0.15, -0.1) is 12.4 Å². The van der Waals surface area contributed by atoms with Gasteiger partial charge in [0.15, 0.2) is 0 Å². The molecule has 142 valence electrons. The number of aryl methyl sites for hydroxylation is 1. The van der Waals surface area contributed by atoms with Crippen LogP contribution in [0, 0.1) is 6.92 Å². The largest absolute Gasteiger partial charge is 0.496 e. The molecule has 1 aliphatic heterocycles. The molecular weight excluding hydrogens is 352 g/mol. The van der Waals surface area contributed by atoms with Crippen LogP contribution in [0.4, 0.5) is 0 Å². The maximum Gasteiger partial charge on any atom is 0.248 e. The summed E-state index contributed by atoms with van der Waals surface area (Å²) in [5, 5.41) is 10.9. The number of aromatic nitrogens is 2. The number of halogens is 1. The highest BCUT2D eigenvalue weighted by Gasteiger charge is 2.42. The number of hydrogen-bond donors (Lipinski definition) is 2. The summed E-state index contributed by atoms with van der Waals surface area (Å²) in [6.07, 6.45) is 5.04. The molecular formula is C19H27ClN4O2. The minimum Gasteiger partial charge on any atom is -0.496 e. The normalized spacial score (nSPS) is 17.0. The highest BCUT2D eigenvalue weighted by molar-refractivity contribution is 5.85. The number of ether oxygens (including phenoxy) is 1. The van der Waals surface area contributed by atoms with Crippen molar-refractivity contribution in [2.24, 2.45) is 0 Å². The number of amides is 1. The summed E-state index contributed by atoms with van der Waals surface area (Å²) in [4.78, 5) is 13.2. The van der Waals surface area contributed by atoms with Gasteiger partial charge in [0.2, 0.25) is 5.91 Å². The van der Waals surface area contributed by atoms with Gasteiger partial charge in [-0.3, -0.25) is 9.48 Å². The molecule has 26 heavy (non-hydrogen) atoms. The van der Waals surface area contributed by atoms with Crippen LogP contribution in [0.25, 0.3) is 0 Å². The zero-order valence-corrected chi connectivity index (χ0v) is 16.3. The van der Waals surface area contributed by atoms with Crippen molar-refractivity contribution >= 4 is 18.3 Å². The molecule has 3 rings (SSSR count). The number of hydrogen-bond acceptors (Lipinski definition) is 4. The lowest BCUT2D eigenvalue weighted by atomic mass is 9.87. The molecule has 6 nitrogen and oxygen atoms in total. The predicted molar refractivity (Wildman–Crippen MR) is 104 cm³/mol. The van der Waals surface area contributed by atoms with E-state index in [0.717, 1.165) is 42.8 Å². The van der Waals surface area contributed by atoms with E-state index in [-0.39, 0.29) is 24.4 Å². The van der Waals surface area contributed by atoms with Crippen LogP contribution in [0.1, 0.15) is 36.9 Å². The van der Waals surface area contributed by atoms with Gasteiger partial charge in [-0.05, 0) is 51.9 Å². The summed E-state index contributed by atoms with van der Waals surface area (Å²) >= 11 is 0. The number of nitrogens with zero attached hydrogens (tertiary/aromatic N) is 2. The van der Waals surface area contributed by atoms with E-state index in [9.17, 15) is 4.79 Å². The quantitative estimate of drug-likeness (QED) is 0.839. The Balaban J connectivity index is 0.00000243. The van der Waals surface area contributed by atoms with E-state index in [1.54, 1.807) is 13.3 Å². The molecule has 1 fully saturated rings. The second-order valence-electron chi connectivity index (χ2n) is 6.67. The Labute approximate surface area is 160 Å². The number of nitrogens with one attached hydrogen (secondary N) is 2. The van der Waals surface area contributed by atoms with Crippen molar-refractivity contribution in [1.82, 2.24) is 20.4 Å². The molecule has 7 heteroatoms. The molecule has 0 spiro atoms. The molecule has 1 aliphatic rings. The van der Waals surface area contributed by atoms with Crippen molar-refractivity contribution in [3.63, 3.8) is 0 Å². The minimum atomic E-state index is -0.639. The minimum absolute atomic E-state index is 0. The summed E-state index contributed by atoms with van der Waals surface area (Å²) in [6, 6.07) is 7.73. The lowest BCUT2D eigenvalue weighted by Crippen LogP contribution is -2.55. The summed E-state index contributed by atoms with van der Waals surface area (Å²) in [5.74, 6) is 0.797. The first kappa shape index (κ1) is 20.3. The van der Waals surface area contributed by atoms with Crippen LogP contribution in [0.15, 0.2) is 36.7 Å². The van der Waals surface area contributed by atoms with Crippen LogP contribution < -0.4 is 15.4 Å². The molecule has 0 aliphatic carbocycles. The highest BCUT2D eigenvalue weighted by atomic mass is 35.5. The van der Waals surface area contributed by atoms with Crippen LogP contribution in [0.5, 0.6) is 5.75 Å². The van der Waals surface area contributed by atoms with Crippen molar-refractivity contribution in [3.8, 4) is 5.75 Å². The predicted octanol–water partition coefficient (Wildman–Crippen LogP) is 2.58. The maximum absolute atomic E-state index is 13.2. The second-order valence-corrected chi connectivity index (χ2v) is 6.67. The molecule has 2 aromatic rings. The van der Waals surface area contributed by atoms with Crippen LogP contribution in [0.3, 0.4) is 0 Å². The van der Waals surface area contributed by atoms with Crippen molar-refractivity contribution in [2.45, 2.75) is 38.3 Å². The molecule has 2 heterocycles. The first-order valence-corrected chi connectivity index (χ1v) is 8.73. The Morgan fingerprint density at radius 3 is 2.73 bits per heavy atom. The number of carbonyl (C=O) groups is 1.